The van der Waals surface area contributed by atoms with Crippen molar-refractivity contribution >= 4 is 12.4 Å². The quantitative estimate of drug-likeness (QED) is 0.822. The maximum absolute atomic E-state index is 14.6. The van der Waals surface area contributed by atoms with E-state index >= 15 is 0 Å². The third kappa shape index (κ3) is 3.39. The predicted molar refractivity (Wildman–Crippen MR) is 106 cm³/mol. The summed E-state index contributed by atoms with van der Waals surface area (Å²) in [5.74, 6) is 2.05. The second-order valence-corrected chi connectivity index (χ2v) is 7.91. The maximum Gasteiger partial charge on any atom is 0.181 e. The Morgan fingerprint density at radius 2 is 1.89 bits per heavy atom. The highest BCUT2D eigenvalue weighted by molar-refractivity contribution is 5.85. The molecule has 2 N–H and O–H groups in total. The average molecular weight is 395 g/mol. The van der Waals surface area contributed by atoms with Crippen molar-refractivity contribution in [3.05, 3.63) is 35.4 Å². The Morgan fingerprint density at radius 3 is 2.48 bits per heavy atom. The van der Waals surface area contributed by atoms with E-state index in [1.54, 1.807) is 13.2 Å². The van der Waals surface area contributed by atoms with Crippen LogP contribution in [0.3, 0.4) is 0 Å². The standard InChI is InChI=1S/C20H27FN4O.ClH/c1-12(2)18-23-19(25-24-18)13-7-16(9-17(21)8-13)20(26-3)14-5-4-6-15(20)11-22-10-14;/h7-9,12,14-15,22H,4-6,10-11H2,1-3H3,(H,23,24,25);1H. The Kier molecular flexibility index (Phi) is 5.89. The Morgan fingerprint density at radius 1 is 1.19 bits per heavy atom. The van der Waals surface area contributed by atoms with E-state index in [4.69, 9.17) is 4.74 Å². The van der Waals surface area contributed by atoms with Crippen LogP contribution in [0.25, 0.3) is 11.4 Å². The van der Waals surface area contributed by atoms with Gasteiger partial charge in [-0.15, -0.1) is 12.4 Å². The second kappa shape index (κ2) is 7.86. The van der Waals surface area contributed by atoms with Gasteiger partial charge in [0.15, 0.2) is 5.82 Å². The van der Waals surface area contributed by atoms with Crippen molar-refractivity contribution in [3.8, 4) is 11.4 Å². The van der Waals surface area contributed by atoms with E-state index in [2.05, 4.69) is 34.3 Å². The highest BCUT2D eigenvalue weighted by Crippen LogP contribution is 2.50. The first-order chi connectivity index (χ1) is 12.5. The molecule has 2 atom stereocenters. The second-order valence-electron chi connectivity index (χ2n) is 7.91. The summed E-state index contributed by atoms with van der Waals surface area (Å²) in [4.78, 5) is 4.54. The predicted octanol–water partition coefficient (Wildman–Crippen LogP) is 4.02. The van der Waals surface area contributed by atoms with Crippen molar-refractivity contribution in [2.45, 2.75) is 44.6 Å². The lowest BCUT2D eigenvalue weighted by Crippen LogP contribution is -2.57. The van der Waals surface area contributed by atoms with Crippen molar-refractivity contribution in [1.82, 2.24) is 20.5 Å². The number of ether oxygens (including phenoxy) is 1. The van der Waals surface area contributed by atoms with E-state index in [0.717, 1.165) is 37.3 Å². The number of halogens is 2. The Hall–Kier alpha value is -1.50. The van der Waals surface area contributed by atoms with Gasteiger partial charge in [0.05, 0.1) is 0 Å². The molecule has 2 unspecified atom stereocenters. The fourth-order valence-electron chi connectivity index (χ4n) is 4.84. The summed E-state index contributed by atoms with van der Waals surface area (Å²) in [6.07, 6.45) is 3.41. The molecule has 2 fully saturated rings. The molecule has 148 valence electrons. The first-order valence-corrected chi connectivity index (χ1v) is 9.54. The minimum absolute atomic E-state index is 0. The van der Waals surface area contributed by atoms with Gasteiger partial charge < -0.3 is 10.1 Å². The minimum atomic E-state index is -0.433. The van der Waals surface area contributed by atoms with Crippen LogP contribution < -0.4 is 5.32 Å². The minimum Gasteiger partial charge on any atom is -0.373 e. The summed E-state index contributed by atoms with van der Waals surface area (Å²) >= 11 is 0. The van der Waals surface area contributed by atoms with Gasteiger partial charge in [-0.1, -0.05) is 20.3 Å². The molecule has 0 spiro atoms. The molecule has 2 aliphatic rings. The first-order valence-electron chi connectivity index (χ1n) is 9.54. The van der Waals surface area contributed by atoms with Gasteiger partial charge in [0.1, 0.15) is 17.2 Å². The Balaban J connectivity index is 0.00000210. The van der Waals surface area contributed by atoms with Gasteiger partial charge in [-0.05, 0) is 36.6 Å². The molecule has 27 heavy (non-hydrogen) atoms. The van der Waals surface area contributed by atoms with E-state index < -0.39 is 5.60 Å². The van der Waals surface area contributed by atoms with Crippen LogP contribution in [0.5, 0.6) is 0 Å². The van der Waals surface area contributed by atoms with Crippen LogP contribution in [0, 0.1) is 17.7 Å². The third-order valence-corrected chi connectivity index (χ3v) is 6.09. The van der Waals surface area contributed by atoms with Crippen LogP contribution in [0.1, 0.15) is 50.4 Å². The summed E-state index contributed by atoms with van der Waals surface area (Å²) in [5.41, 5.74) is 1.19. The number of piperidine rings is 1. The van der Waals surface area contributed by atoms with Gasteiger partial charge in [0.25, 0.3) is 0 Å². The number of benzene rings is 1. The van der Waals surface area contributed by atoms with Crippen LogP contribution in [-0.4, -0.2) is 35.4 Å². The zero-order valence-corrected chi connectivity index (χ0v) is 16.9. The topological polar surface area (TPSA) is 62.8 Å². The zero-order valence-electron chi connectivity index (χ0n) is 16.1. The monoisotopic (exact) mass is 394 g/mol. The molecule has 2 bridgehead atoms. The van der Waals surface area contributed by atoms with E-state index in [1.165, 1.54) is 12.5 Å². The number of hydrogen-bond acceptors (Lipinski definition) is 4. The molecule has 7 heteroatoms. The summed E-state index contributed by atoms with van der Waals surface area (Å²) in [6, 6.07) is 5.17. The highest BCUT2D eigenvalue weighted by atomic mass is 35.5. The molecular weight excluding hydrogens is 367 g/mol. The fourth-order valence-corrected chi connectivity index (χ4v) is 4.84. The van der Waals surface area contributed by atoms with Crippen LogP contribution in [-0.2, 0) is 10.3 Å². The van der Waals surface area contributed by atoms with Crippen LogP contribution in [0.2, 0.25) is 0 Å². The van der Waals surface area contributed by atoms with Crippen LogP contribution in [0.15, 0.2) is 18.2 Å². The summed E-state index contributed by atoms with van der Waals surface area (Å²) in [5, 5.41) is 10.8. The molecule has 1 saturated carbocycles. The first kappa shape index (κ1) is 20.2. The van der Waals surface area contributed by atoms with E-state index in [0.29, 0.717) is 23.2 Å². The van der Waals surface area contributed by atoms with Crippen molar-refractivity contribution in [3.63, 3.8) is 0 Å². The smallest absolute Gasteiger partial charge is 0.181 e. The molecule has 4 rings (SSSR count). The fraction of sp³-hybridized carbons (Fsp3) is 0.600. The molecule has 1 aromatic heterocycles. The molecule has 0 radical (unpaired) electrons. The van der Waals surface area contributed by atoms with Gasteiger partial charge in [0.2, 0.25) is 0 Å². The molecule has 1 aliphatic heterocycles. The molecule has 2 aromatic rings. The normalized spacial score (nSPS) is 27.4. The van der Waals surface area contributed by atoms with Gasteiger partial charge in [-0.2, -0.15) is 5.10 Å². The van der Waals surface area contributed by atoms with Crippen LogP contribution in [0.4, 0.5) is 4.39 Å². The zero-order chi connectivity index (χ0) is 18.3. The number of nitrogens with zero attached hydrogens (tertiary/aromatic N) is 2. The van der Waals surface area contributed by atoms with E-state index in [-0.39, 0.29) is 24.1 Å². The van der Waals surface area contributed by atoms with Gasteiger partial charge in [-0.3, -0.25) is 5.10 Å². The van der Waals surface area contributed by atoms with E-state index in [9.17, 15) is 4.39 Å². The summed E-state index contributed by atoms with van der Waals surface area (Å²) in [7, 11) is 1.77. The Bertz CT molecular complexity index is 772. The molecule has 1 saturated heterocycles. The lowest BCUT2D eigenvalue weighted by Gasteiger charge is -2.52. The van der Waals surface area contributed by atoms with Gasteiger partial charge in [0, 0.05) is 43.5 Å². The number of hydrogen-bond donors (Lipinski definition) is 2. The lowest BCUT2D eigenvalue weighted by atomic mass is 9.62. The number of H-pyrrole nitrogens is 1. The SMILES string of the molecule is COC1(c2cc(F)cc(-c3n[nH]c(C(C)C)n3)c2)C2CCCC1CNC2.Cl. The molecular formula is C20H28ClFN4O. The van der Waals surface area contributed by atoms with Crippen molar-refractivity contribution in [2.75, 3.05) is 20.2 Å². The van der Waals surface area contributed by atoms with Crippen LogP contribution >= 0.6 is 12.4 Å². The van der Waals surface area contributed by atoms with E-state index in [1.807, 2.05) is 6.07 Å². The average Bonchev–Trinajstić information content (AvgIpc) is 3.10. The molecule has 2 heterocycles. The summed E-state index contributed by atoms with van der Waals surface area (Å²) in [6.45, 7) is 5.93. The molecule has 0 amide bonds. The number of nitrogens with one attached hydrogen (secondary N) is 2. The number of fused-ring (bicyclic) bond motifs is 2. The largest absolute Gasteiger partial charge is 0.373 e. The maximum atomic E-state index is 14.6. The lowest BCUT2D eigenvalue weighted by molar-refractivity contribution is -0.144. The van der Waals surface area contributed by atoms with Crippen molar-refractivity contribution in [1.29, 1.82) is 0 Å². The molecule has 1 aromatic carbocycles. The van der Waals surface area contributed by atoms with Gasteiger partial charge in [-0.25, -0.2) is 9.37 Å². The van der Waals surface area contributed by atoms with Crippen molar-refractivity contribution in [2.24, 2.45) is 11.8 Å². The van der Waals surface area contributed by atoms with Gasteiger partial charge >= 0.3 is 0 Å². The number of aromatic nitrogens is 3. The third-order valence-electron chi connectivity index (χ3n) is 6.09. The molecule has 5 nitrogen and oxygen atoms in total. The number of rotatable bonds is 4. The summed E-state index contributed by atoms with van der Waals surface area (Å²) < 4.78 is 20.7. The van der Waals surface area contributed by atoms with Crippen molar-refractivity contribution < 1.29 is 9.13 Å². The highest BCUT2D eigenvalue weighted by Gasteiger charge is 2.51. The number of methoxy groups -OCH3 is 1. The Labute approximate surface area is 165 Å². The number of aromatic amines is 1. The molecule has 1 aliphatic carbocycles.